The van der Waals surface area contributed by atoms with Crippen molar-refractivity contribution in [2.45, 2.75) is 6.54 Å². The van der Waals surface area contributed by atoms with Gasteiger partial charge in [0.1, 0.15) is 16.4 Å². The number of carbonyl (C=O) groups excluding carboxylic acids is 1. The molecule has 0 atom stereocenters. The van der Waals surface area contributed by atoms with Crippen molar-refractivity contribution in [1.82, 2.24) is 19.9 Å². The predicted molar refractivity (Wildman–Crippen MR) is 85.3 cm³/mol. The maximum absolute atomic E-state index is 13.2. The number of hydrogen-bond acceptors (Lipinski definition) is 5. The molecule has 1 amide bonds. The van der Waals surface area contributed by atoms with Crippen LogP contribution in [0.15, 0.2) is 42.2 Å². The van der Waals surface area contributed by atoms with Crippen LogP contribution in [0.4, 0.5) is 8.78 Å². The van der Waals surface area contributed by atoms with E-state index in [0.29, 0.717) is 16.3 Å². The fourth-order valence-corrected chi connectivity index (χ4v) is 2.83. The second-order valence-electron chi connectivity index (χ2n) is 5.04. The molecule has 0 unspecified atom stereocenters. The zero-order valence-corrected chi connectivity index (χ0v) is 13.4. The maximum atomic E-state index is 13.2. The van der Waals surface area contributed by atoms with Crippen LogP contribution in [0.3, 0.4) is 0 Å². The highest BCUT2D eigenvalue weighted by Crippen LogP contribution is 2.21. The minimum Gasteiger partial charge on any atom is -0.336 e. The second kappa shape index (κ2) is 6.79. The van der Waals surface area contributed by atoms with E-state index in [1.54, 1.807) is 31.0 Å². The molecule has 122 valence electrons. The number of rotatable bonds is 4. The summed E-state index contributed by atoms with van der Waals surface area (Å²) in [5.41, 5.74) is 1.35. The molecule has 24 heavy (non-hydrogen) atoms. The Morgan fingerprint density at radius 2 is 2.08 bits per heavy atom. The summed E-state index contributed by atoms with van der Waals surface area (Å²) >= 11 is 1.29. The lowest BCUT2D eigenvalue weighted by molar-refractivity contribution is 0.0780. The van der Waals surface area contributed by atoms with Gasteiger partial charge >= 0.3 is 0 Å². The number of thiazole rings is 1. The normalized spacial score (nSPS) is 10.6. The summed E-state index contributed by atoms with van der Waals surface area (Å²) in [6.07, 6.45) is 4.67. The quantitative estimate of drug-likeness (QED) is 0.728. The Morgan fingerprint density at radius 3 is 2.79 bits per heavy atom. The van der Waals surface area contributed by atoms with E-state index in [1.807, 2.05) is 0 Å². The molecule has 0 bridgehead atoms. The van der Waals surface area contributed by atoms with Gasteiger partial charge in [0.25, 0.3) is 5.91 Å². The lowest BCUT2D eigenvalue weighted by atomic mass is 10.2. The van der Waals surface area contributed by atoms with Crippen LogP contribution in [0.2, 0.25) is 0 Å². The standard InChI is InChI=1S/C16H12F2N4OS/c1-22(8-10-2-3-11(17)12(18)6-10)16(23)14-9-24-15(21-14)13-7-19-4-5-20-13/h2-7,9H,8H2,1H3. The Morgan fingerprint density at radius 1 is 1.25 bits per heavy atom. The summed E-state index contributed by atoms with van der Waals surface area (Å²) in [4.78, 5) is 26.2. The van der Waals surface area contributed by atoms with Crippen LogP contribution in [0.25, 0.3) is 10.7 Å². The highest BCUT2D eigenvalue weighted by Gasteiger charge is 2.17. The molecule has 0 spiro atoms. The smallest absolute Gasteiger partial charge is 0.273 e. The third-order valence-electron chi connectivity index (χ3n) is 3.26. The molecular weight excluding hydrogens is 334 g/mol. The molecule has 0 saturated heterocycles. The minimum atomic E-state index is -0.938. The van der Waals surface area contributed by atoms with Crippen molar-refractivity contribution in [3.8, 4) is 10.7 Å². The van der Waals surface area contributed by atoms with E-state index in [1.165, 1.54) is 22.3 Å². The molecule has 5 nitrogen and oxygen atoms in total. The topological polar surface area (TPSA) is 59.0 Å². The average Bonchev–Trinajstić information content (AvgIpc) is 3.08. The lowest BCUT2D eigenvalue weighted by Gasteiger charge is -2.16. The number of amides is 1. The van der Waals surface area contributed by atoms with Crippen molar-refractivity contribution in [3.05, 3.63) is 65.1 Å². The number of hydrogen-bond donors (Lipinski definition) is 0. The Labute approximate surface area is 140 Å². The van der Waals surface area contributed by atoms with Gasteiger partial charge in [-0.1, -0.05) is 6.07 Å². The van der Waals surface area contributed by atoms with Crippen molar-refractivity contribution >= 4 is 17.2 Å². The molecule has 0 aliphatic heterocycles. The molecule has 2 heterocycles. The number of aromatic nitrogens is 3. The zero-order valence-electron chi connectivity index (χ0n) is 12.6. The molecule has 2 aromatic heterocycles. The highest BCUT2D eigenvalue weighted by molar-refractivity contribution is 7.13. The first-order valence-electron chi connectivity index (χ1n) is 6.96. The van der Waals surface area contributed by atoms with Crippen LogP contribution in [-0.2, 0) is 6.54 Å². The fourth-order valence-electron chi connectivity index (χ4n) is 2.08. The summed E-state index contributed by atoms with van der Waals surface area (Å²) in [6, 6.07) is 3.55. The van der Waals surface area contributed by atoms with E-state index in [4.69, 9.17) is 0 Å². The van der Waals surface area contributed by atoms with E-state index in [2.05, 4.69) is 15.0 Å². The van der Waals surface area contributed by atoms with Crippen molar-refractivity contribution in [3.63, 3.8) is 0 Å². The molecule has 3 rings (SSSR count). The number of benzene rings is 1. The third kappa shape index (κ3) is 3.43. The van der Waals surface area contributed by atoms with Gasteiger partial charge in [0.15, 0.2) is 11.6 Å². The van der Waals surface area contributed by atoms with Gasteiger partial charge in [0.2, 0.25) is 0 Å². The van der Waals surface area contributed by atoms with Crippen LogP contribution in [0.5, 0.6) is 0 Å². The van der Waals surface area contributed by atoms with E-state index >= 15 is 0 Å². The van der Waals surface area contributed by atoms with E-state index in [0.717, 1.165) is 12.1 Å². The van der Waals surface area contributed by atoms with Gasteiger partial charge in [-0.05, 0) is 17.7 Å². The van der Waals surface area contributed by atoms with Gasteiger partial charge in [-0.3, -0.25) is 14.8 Å². The van der Waals surface area contributed by atoms with Crippen LogP contribution < -0.4 is 0 Å². The summed E-state index contributed by atoms with van der Waals surface area (Å²) < 4.78 is 26.2. The van der Waals surface area contributed by atoms with E-state index in [-0.39, 0.29) is 18.1 Å². The monoisotopic (exact) mass is 346 g/mol. The number of halogens is 2. The van der Waals surface area contributed by atoms with Crippen molar-refractivity contribution in [2.75, 3.05) is 7.05 Å². The second-order valence-corrected chi connectivity index (χ2v) is 5.90. The summed E-state index contributed by atoms with van der Waals surface area (Å²) in [6.45, 7) is 0.147. The van der Waals surface area contributed by atoms with Crippen molar-refractivity contribution < 1.29 is 13.6 Å². The molecule has 0 saturated carbocycles. The van der Waals surface area contributed by atoms with Crippen molar-refractivity contribution in [2.24, 2.45) is 0 Å². The first kappa shape index (κ1) is 16.1. The fraction of sp³-hybridized carbons (Fsp3) is 0.125. The maximum Gasteiger partial charge on any atom is 0.273 e. The Bertz CT molecular complexity index is 870. The van der Waals surface area contributed by atoms with Crippen LogP contribution in [0, 0.1) is 11.6 Å². The van der Waals surface area contributed by atoms with E-state index in [9.17, 15) is 13.6 Å². The molecular formula is C16H12F2N4OS. The minimum absolute atomic E-state index is 0.147. The average molecular weight is 346 g/mol. The van der Waals surface area contributed by atoms with E-state index < -0.39 is 11.6 Å². The molecule has 0 radical (unpaired) electrons. The number of nitrogens with zero attached hydrogens (tertiary/aromatic N) is 4. The first-order chi connectivity index (χ1) is 11.5. The molecule has 1 aromatic carbocycles. The number of carbonyl (C=O) groups is 1. The molecule has 0 aliphatic rings. The van der Waals surface area contributed by atoms with Gasteiger partial charge in [-0.15, -0.1) is 11.3 Å². The molecule has 0 N–H and O–H groups in total. The highest BCUT2D eigenvalue weighted by atomic mass is 32.1. The first-order valence-corrected chi connectivity index (χ1v) is 7.84. The Hall–Kier alpha value is -2.74. The van der Waals surface area contributed by atoms with Gasteiger partial charge in [-0.25, -0.2) is 13.8 Å². The molecule has 0 aliphatic carbocycles. The predicted octanol–water partition coefficient (Wildman–Crippen LogP) is 3.15. The van der Waals surface area contributed by atoms with Crippen LogP contribution >= 0.6 is 11.3 Å². The van der Waals surface area contributed by atoms with Gasteiger partial charge in [-0.2, -0.15) is 0 Å². The van der Waals surface area contributed by atoms with Gasteiger partial charge in [0.05, 0.1) is 6.20 Å². The molecule has 8 heteroatoms. The molecule has 0 fully saturated rings. The largest absolute Gasteiger partial charge is 0.336 e. The van der Waals surface area contributed by atoms with Crippen LogP contribution in [0.1, 0.15) is 16.1 Å². The van der Waals surface area contributed by atoms with Gasteiger partial charge in [0, 0.05) is 31.4 Å². The van der Waals surface area contributed by atoms with Crippen LogP contribution in [-0.4, -0.2) is 32.8 Å². The lowest BCUT2D eigenvalue weighted by Crippen LogP contribution is -2.26. The summed E-state index contributed by atoms with van der Waals surface area (Å²) in [5.74, 6) is -2.17. The zero-order chi connectivity index (χ0) is 17.1. The molecule has 3 aromatic rings. The summed E-state index contributed by atoms with van der Waals surface area (Å²) in [5, 5.41) is 2.22. The third-order valence-corrected chi connectivity index (χ3v) is 4.12. The Balaban J connectivity index is 1.74. The SMILES string of the molecule is CN(Cc1ccc(F)c(F)c1)C(=O)c1csc(-c2cnccn2)n1. The summed E-state index contributed by atoms with van der Waals surface area (Å²) in [7, 11) is 1.57. The van der Waals surface area contributed by atoms with Gasteiger partial charge < -0.3 is 4.90 Å². The Kier molecular flexibility index (Phi) is 4.57. The van der Waals surface area contributed by atoms with Crippen molar-refractivity contribution in [1.29, 1.82) is 0 Å².